The molecular formula is C70H139NO5. The molecule has 3 N–H and O–H groups in total. The van der Waals surface area contributed by atoms with Gasteiger partial charge in [0.25, 0.3) is 0 Å². The van der Waals surface area contributed by atoms with Gasteiger partial charge in [0.05, 0.1) is 25.4 Å². The Balaban J connectivity index is 3.33. The normalized spacial score (nSPS) is 12.4. The zero-order valence-corrected chi connectivity index (χ0v) is 52.0. The molecule has 0 aromatic heterocycles. The van der Waals surface area contributed by atoms with E-state index in [9.17, 15) is 19.8 Å². The van der Waals surface area contributed by atoms with Gasteiger partial charge in [0.15, 0.2) is 0 Å². The average molecular weight is 1070 g/mol. The second-order valence-electron chi connectivity index (χ2n) is 24.6. The molecule has 0 aliphatic carbocycles. The molecule has 0 radical (unpaired) electrons. The zero-order chi connectivity index (χ0) is 55.0. The van der Waals surface area contributed by atoms with Crippen LogP contribution in [0.3, 0.4) is 0 Å². The van der Waals surface area contributed by atoms with E-state index in [0.717, 1.165) is 38.5 Å². The van der Waals surface area contributed by atoms with Crippen molar-refractivity contribution in [3.8, 4) is 0 Å². The molecule has 454 valence electrons. The van der Waals surface area contributed by atoms with Crippen molar-refractivity contribution in [2.24, 2.45) is 0 Å². The van der Waals surface area contributed by atoms with Gasteiger partial charge in [0.2, 0.25) is 5.91 Å². The minimum atomic E-state index is -0.661. The summed E-state index contributed by atoms with van der Waals surface area (Å²) in [5.74, 6) is -0.00547. The quantitative estimate of drug-likeness (QED) is 0.0417. The third-order valence-corrected chi connectivity index (χ3v) is 16.9. The fourth-order valence-electron chi connectivity index (χ4n) is 11.5. The van der Waals surface area contributed by atoms with E-state index in [2.05, 4.69) is 19.2 Å². The van der Waals surface area contributed by atoms with Crippen molar-refractivity contribution >= 4 is 11.9 Å². The van der Waals surface area contributed by atoms with Crippen LogP contribution in [0, 0.1) is 0 Å². The Morgan fingerprint density at radius 3 is 0.803 bits per heavy atom. The number of aliphatic hydroxyl groups is 2. The van der Waals surface area contributed by atoms with Gasteiger partial charge in [-0.25, -0.2) is 0 Å². The van der Waals surface area contributed by atoms with E-state index < -0.39 is 12.1 Å². The number of nitrogens with one attached hydrogen (secondary N) is 1. The summed E-state index contributed by atoms with van der Waals surface area (Å²) in [5.41, 5.74) is 0. The molecule has 2 unspecified atom stereocenters. The van der Waals surface area contributed by atoms with Gasteiger partial charge in [0.1, 0.15) is 0 Å². The van der Waals surface area contributed by atoms with Crippen molar-refractivity contribution in [3.05, 3.63) is 0 Å². The van der Waals surface area contributed by atoms with Gasteiger partial charge in [0, 0.05) is 12.8 Å². The summed E-state index contributed by atoms with van der Waals surface area (Å²) in [6.07, 6.45) is 80.1. The van der Waals surface area contributed by atoms with Crippen LogP contribution in [0.4, 0.5) is 0 Å². The van der Waals surface area contributed by atoms with Crippen molar-refractivity contribution < 1.29 is 24.5 Å². The molecule has 0 aromatic rings. The van der Waals surface area contributed by atoms with E-state index in [4.69, 9.17) is 4.74 Å². The molecule has 0 rings (SSSR count). The lowest BCUT2D eigenvalue weighted by Gasteiger charge is -2.22. The van der Waals surface area contributed by atoms with E-state index in [-0.39, 0.29) is 18.5 Å². The Morgan fingerprint density at radius 2 is 0.539 bits per heavy atom. The zero-order valence-electron chi connectivity index (χ0n) is 52.0. The molecule has 6 nitrogen and oxygen atoms in total. The molecule has 0 bridgehead atoms. The Bertz CT molecular complexity index is 1100. The summed E-state index contributed by atoms with van der Waals surface area (Å²) in [7, 11) is 0. The minimum Gasteiger partial charge on any atom is -0.466 e. The maximum atomic E-state index is 12.5. The monoisotopic (exact) mass is 1070 g/mol. The number of esters is 1. The molecule has 0 aromatic carbocycles. The van der Waals surface area contributed by atoms with E-state index in [1.807, 2.05) is 0 Å². The smallest absolute Gasteiger partial charge is 0.305 e. The number of ether oxygens (including phenoxy) is 1. The van der Waals surface area contributed by atoms with Crippen molar-refractivity contribution in [2.75, 3.05) is 13.2 Å². The number of carbonyl (C=O) groups is 2. The first-order chi connectivity index (χ1) is 37.5. The van der Waals surface area contributed by atoms with Gasteiger partial charge in [-0.1, -0.05) is 373 Å². The summed E-state index contributed by atoms with van der Waals surface area (Å²) in [4.78, 5) is 24.6. The topological polar surface area (TPSA) is 95.9 Å². The number of unbranched alkanes of at least 4 members (excludes halogenated alkanes) is 56. The van der Waals surface area contributed by atoms with Crippen LogP contribution in [0.15, 0.2) is 0 Å². The largest absolute Gasteiger partial charge is 0.466 e. The molecule has 2 atom stereocenters. The molecule has 0 saturated carbocycles. The van der Waals surface area contributed by atoms with Crippen LogP contribution in [0.2, 0.25) is 0 Å². The number of aliphatic hydroxyl groups excluding tert-OH is 2. The number of hydrogen-bond acceptors (Lipinski definition) is 5. The third kappa shape index (κ3) is 62.1. The SMILES string of the molecule is CCCCCCCCCCCCCCCCCCCC(O)C(CO)NC(=O)CCCCCCCCCCCCCCCCCCCCCCCCCCCCCOC(=O)CCCCCCCCCCCCCCCCC. The number of carbonyl (C=O) groups excluding carboxylic acids is 2. The molecule has 0 aliphatic heterocycles. The van der Waals surface area contributed by atoms with Crippen LogP contribution in [0.25, 0.3) is 0 Å². The second kappa shape index (κ2) is 66.4. The molecule has 0 heterocycles. The van der Waals surface area contributed by atoms with Gasteiger partial charge in [-0.05, 0) is 25.7 Å². The lowest BCUT2D eigenvalue weighted by atomic mass is 10.0. The van der Waals surface area contributed by atoms with Crippen molar-refractivity contribution in [3.63, 3.8) is 0 Å². The van der Waals surface area contributed by atoms with Crippen molar-refractivity contribution in [1.82, 2.24) is 5.32 Å². The standard InChI is InChI=1S/C70H139NO5/c1-3-5-7-9-11-13-15-17-19-31-35-38-42-46-50-54-58-62-68(73)67(66-72)71-69(74)63-59-55-51-47-43-39-36-32-29-27-25-23-21-20-22-24-26-28-30-33-37-41-45-49-53-57-61-65-76-70(75)64-60-56-52-48-44-40-34-18-16-14-12-10-8-6-4-2/h67-68,72-73H,3-66H2,1-2H3,(H,71,74). The van der Waals surface area contributed by atoms with Gasteiger partial charge in [-0.15, -0.1) is 0 Å². The highest BCUT2D eigenvalue weighted by atomic mass is 16.5. The Labute approximate surface area is 476 Å². The first kappa shape index (κ1) is 74.9. The van der Waals surface area contributed by atoms with Gasteiger partial charge in [-0.2, -0.15) is 0 Å². The molecule has 0 fully saturated rings. The Hall–Kier alpha value is -1.14. The van der Waals surface area contributed by atoms with Crippen LogP contribution in [0.5, 0.6) is 0 Å². The number of amides is 1. The van der Waals surface area contributed by atoms with Crippen LogP contribution in [0.1, 0.15) is 412 Å². The molecule has 0 spiro atoms. The van der Waals surface area contributed by atoms with Crippen LogP contribution in [-0.2, 0) is 14.3 Å². The van der Waals surface area contributed by atoms with Crippen LogP contribution < -0.4 is 5.32 Å². The van der Waals surface area contributed by atoms with E-state index in [0.29, 0.717) is 25.9 Å². The third-order valence-electron chi connectivity index (χ3n) is 16.9. The predicted molar refractivity (Wildman–Crippen MR) is 334 cm³/mol. The predicted octanol–water partition coefficient (Wildman–Crippen LogP) is 22.6. The lowest BCUT2D eigenvalue weighted by Crippen LogP contribution is -2.45. The molecule has 0 aliphatic rings. The first-order valence-corrected chi connectivity index (χ1v) is 35.3. The Kier molecular flexibility index (Phi) is 65.4. The average Bonchev–Trinajstić information content (AvgIpc) is 3.42. The first-order valence-electron chi connectivity index (χ1n) is 35.3. The number of rotatable bonds is 67. The van der Waals surface area contributed by atoms with E-state index in [1.54, 1.807) is 0 Å². The maximum absolute atomic E-state index is 12.5. The fourth-order valence-corrected chi connectivity index (χ4v) is 11.5. The highest BCUT2D eigenvalue weighted by Gasteiger charge is 2.20. The highest BCUT2D eigenvalue weighted by molar-refractivity contribution is 5.76. The number of hydrogen-bond donors (Lipinski definition) is 3. The van der Waals surface area contributed by atoms with Crippen LogP contribution >= 0.6 is 0 Å². The molecule has 6 heteroatoms. The minimum absolute atomic E-state index is 0.0223. The fraction of sp³-hybridized carbons (Fsp3) is 0.971. The molecule has 0 saturated heterocycles. The van der Waals surface area contributed by atoms with E-state index >= 15 is 0 Å². The molecular weight excluding hydrogens is 935 g/mol. The summed E-state index contributed by atoms with van der Waals surface area (Å²) in [5, 5.41) is 23.4. The van der Waals surface area contributed by atoms with Gasteiger partial charge >= 0.3 is 5.97 Å². The van der Waals surface area contributed by atoms with Gasteiger partial charge in [-0.3, -0.25) is 9.59 Å². The molecule has 1 amide bonds. The second-order valence-corrected chi connectivity index (χ2v) is 24.6. The summed E-state index contributed by atoms with van der Waals surface area (Å²) in [6, 6.07) is -0.538. The van der Waals surface area contributed by atoms with Gasteiger partial charge < -0.3 is 20.3 Å². The maximum Gasteiger partial charge on any atom is 0.305 e. The van der Waals surface area contributed by atoms with Crippen molar-refractivity contribution in [1.29, 1.82) is 0 Å². The van der Waals surface area contributed by atoms with E-state index in [1.165, 1.54) is 340 Å². The lowest BCUT2D eigenvalue weighted by molar-refractivity contribution is -0.143. The van der Waals surface area contributed by atoms with Crippen LogP contribution in [-0.4, -0.2) is 47.4 Å². The Morgan fingerprint density at radius 1 is 0.316 bits per heavy atom. The van der Waals surface area contributed by atoms with Crippen molar-refractivity contribution in [2.45, 2.75) is 424 Å². The summed E-state index contributed by atoms with van der Waals surface area (Å²) >= 11 is 0. The summed E-state index contributed by atoms with van der Waals surface area (Å²) < 4.78 is 5.50. The molecule has 76 heavy (non-hydrogen) atoms. The highest BCUT2D eigenvalue weighted by Crippen LogP contribution is 2.20. The summed E-state index contributed by atoms with van der Waals surface area (Å²) in [6.45, 7) is 5.00.